The van der Waals surface area contributed by atoms with Gasteiger partial charge in [-0.1, -0.05) is 11.6 Å². The Morgan fingerprint density at radius 3 is 2.59 bits per heavy atom. The van der Waals surface area contributed by atoms with Gasteiger partial charge in [-0.05, 0) is 30.7 Å². The lowest BCUT2D eigenvalue weighted by atomic mass is 10.1. The molecule has 0 aliphatic heterocycles. The maximum absolute atomic E-state index is 11.2. The SMILES string of the molecule is COC(=O)C(=O)/C=C(\O)c1ccc(Cl)c(C)c1. The molecule has 0 aromatic heterocycles. The lowest BCUT2D eigenvalue weighted by Crippen LogP contribution is -2.13. The molecule has 0 aliphatic rings. The van der Waals surface area contributed by atoms with E-state index in [1.54, 1.807) is 25.1 Å². The molecule has 90 valence electrons. The Labute approximate surface area is 103 Å². The molecule has 1 N–H and O–H groups in total. The highest BCUT2D eigenvalue weighted by atomic mass is 35.5. The summed E-state index contributed by atoms with van der Waals surface area (Å²) in [7, 11) is 1.09. The average Bonchev–Trinajstić information content (AvgIpc) is 2.31. The van der Waals surface area contributed by atoms with Crippen molar-refractivity contribution in [3.63, 3.8) is 0 Å². The van der Waals surface area contributed by atoms with Crippen LogP contribution in [0.4, 0.5) is 0 Å². The Morgan fingerprint density at radius 1 is 1.41 bits per heavy atom. The van der Waals surface area contributed by atoms with Crippen LogP contribution in [0.1, 0.15) is 11.1 Å². The van der Waals surface area contributed by atoms with Gasteiger partial charge in [-0.3, -0.25) is 4.79 Å². The molecule has 0 spiro atoms. The number of rotatable bonds is 3. The largest absolute Gasteiger partial charge is 0.507 e. The van der Waals surface area contributed by atoms with Crippen LogP contribution in [0.2, 0.25) is 5.02 Å². The van der Waals surface area contributed by atoms with Gasteiger partial charge in [-0.25, -0.2) is 4.79 Å². The van der Waals surface area contributed by atoms with Gasteiger partial charge in [0.15, 0.2) is 0 Å². The van der Waals surface area contributed by atoms with E-state index in [9.17, 15) is 14.7 Å². The van der Waals surface area contributed by atoms with Crippen molar-refractivity contribution in [3.05, 3.63) is 40.4 Å². The van der Waals surface area contributed by atoms with Gasteiger partial charge in [0.25, 0.3) is 5.78 Å². The molecule has 0 bridgehead atoms. The summed E-state index contributed by atoms with van der Waals surface area (Å²) in [6, 6.07) is 4.75. The molecular weight excluding hydrogens is 244 g/mol. The van der Waals surface area contributed by atoms with E-state index in [-0.39, 0.29) is 5.76 Å². The number of carbonyl (C=O) groups is 2. The Kier molecular flexibility index (Phi) is 4.29. The minimum Gasteiger partial charge on any atom is -0.507 e. The van der Waals surface area contributed by atoms with Crippen molar-refractivity contribution in [2.45, 2.75) is 6.92 Å². The van der Waals surface area contributed by atoms with Crippen LogP contribution in [0.25, 0.3) is 5.76 Å². The van der Waals surface area contributed by atoms with Crippen LogP contribution in [0.3, 0.4) is 0 Å². The molecule has 0 unspecified atom stereocenters. The molecule has 0 amide bonds. The number of aliphatic hydroxyl groups excluding tert-OH is 1. The Balaban J connectivity index is 3.00. The molecule has 5 heteroatoms. The van der Waals surface area contributed by atoms with Crippen LogP contribution in [0, 0.1) is 6.92 Å². The smallest absolute Gasteiger partial charge is 0.378 e. The van der Waals surface area contributed by atoms with Crippen LogP contribution in [-0.4, -0.2) is 24.0 Å². The number of halogens is 1. The molecule has 17 heavy (non-hydrogen) atoms. The maximum atomic E-state index is 11.2. The summed E-state index contributed by atoms with van der Waals surface area (Å²) < 4.78 is 4.23. The second-order valence-corrected chi connectivity index (χ2v) is 3.76. The Hall–Kier alpha value is -1.81. The second-order valence-electron chi connectivity index (χ2n) is 3.35. The molecule has 1 aromatic carbocycles. The number of benzene rings is 1. The van der Waals surface area contributed by atoms with E-state index in [0.717, 1.165) is 18.7 Å². The van der Waals surface area contributed by atoms with Crippen LogP contribution in [0.15, 0.2) is 24.3 Å². The summed E-state index contributed by atoms with van der Waals surface area (Å²) in [6.45, 7) is 1.77. The fourth-order valence-corrected chi connectivity index (χ4v) is 1.29. The first-order valence-corrected chi connectivity index (χ1v) is 5.13. The van der Waals surface area contributed by atoms with E-state index >= 15 is 0 Å². The van der Waals surface area contributed by atoms with Gasteiger partial charge in [-0.15, -0.1) is 0 Å². The van der Waals surface area contributed by atoms with Crippen molar-refractivity contribution in [2.75, 3.05) is 7.11 Å². The number of hydrogen-bond donors (Lipinski definition) is 1. The third kappa shape index (κ3) is 3.32. The van der Waals surface area contributed by atoms with Gasteiger partial charge in [0, 0.05) is 16.7 Å². The lowest BCUT2D eigenvalue weighted by molar-refractivity contribution is -0.149. The van der Waals surface area contributed by atoms with Crippen molar-refractivity contribution in [2.24, 2.45) is 0 Å². The third-order valence-corrected chi connectivity index (χ3v) is 2.53. The zero-order valence-electron chi connectivity index (χ0n) is 9.36. The van der Waals surface area contributed by atoms with Crippen LogP contribution < -0.4 is 0 Å². The van der Waals surface area contributed by atoms with E-state index < -0.39 is 11.8 Å². The first-order chi connectivity index (χ1) is 7.95. The van der Waals surface area contributed by atoms with Gasteiger partial charge in [-0.2, -0.15) is 0 Å². The molecule has 0 fully saturated rings. The maximum Gasteiger partial charge on any atom is 0.378 e. The van der Waals surface area contributed by atoms with Crippen molar-refractivity contribution in [1.82, 2.24) is 0 Å². The molecule has 0 atom stereocenters. The number of methoxy groups -OCH3 is 1. The number of esters is 1. The molecule has 0 aliphatic carbocycles. The monoisotopic (exact) mass is 254 g/mol. The normalized spacial score (nSPS) is 11.1. The molecule has 4 nitrogen and oxygen atoms in total. The number of ether oxygens (including phenoxy) is 1. The molecule has 0 heterocycles. The van der Waals surface area contributed by atoms with Crippen molar-refractivity contribution < 1.29 is 19.4 Å². The number of carbonyl (C=O) groups excluding carboxylic acids is 2. The van der Waals surface area contributed by atoms with Gasteiger partial charge in [0.1, 0.15) is 5.76 Å². The first kappa shape index (κ1) is 13.3. The molecule has 0 saturated carbocycles. The summed E-state index contributed by atoms with van der Waals surface area (Å²) in [4.78, 5) is 22.0. The van der Waals surface area contributed by atoms with Crippen molar-refractivity contribution >= 4 is 29.1 Å². The molecule has 0 saturated heterocycles. The highest BCUT2D eigenvalue weighted by Crippen LogP contribution is 2.20. The minimum atomic E-state index is -1.03. The predicted octanol–water partition coefficient (Wildman–Crippen LogP) is 2.29. The molecule has 1 aromatic rings. The zero-order valence-corrected chi connectivity index (χ0v) is 10.1. The number of hydrogen-bond acceptors (Lipinski definition) is 4. The van der Waals surface area contributed by atoms with Gasteiger partial charge in [0.05, 0.1) is 7.11 Å². The fourth-order valence-electron chi connectivity index (χ4n) is 1.17. The summed E-state index contributed by atoms with van der Waals surface area (Å²) in [5, 5.41) is 10.2. The second kappa shape index (κ2) is 5.50. The van der Waals surface area contributed by atoms with Gasteiger partial charge in [0.2, 0.25) is 0 Å². The van der Waals surface area contributed by atoms with Crippen LogP contribution >= 0.6 is 11.6 Å². The van der Waals surface area contributed by atoms with E-state index in [2.05, 4.69) is 4.74 Å². The third-order valence-electron chi connectivity index (χ3n) is 2.11. The standard InChI is InChI=1S/C12H11ClO4/c1-7-5-8(3-4-9(7)13)10(14)6-11(15)12(16)17-2/h3-6,14H,1-2H3/b10-6-. The van der Waals surface area contributed by atoms with Gasteiger partial charge < -0.3 is 9.84 Å². The van der Waals surface area contributed by atoms with Gasteiger partial charge >= 0.3 is 5.97 Å². The molecule has 1 rings (SSSR count). The lowest BCUT2D eigenvalue weighted by Gasteiger charge is -2.03. The fraction of sp³-hybridized carbons (Fsp3) is 0.167. The zero-order chi connectivity index (χ0) is 13.0. The summed E-state index contributed by atoms with van der Waals surface area (Å²) in [6.07, 6.45) is 0.814. The van der Waals surface area contributed by atoms with Crippen LogP contribution in [0.5, 0.6) is 0 Å². The van der Waals surface area contributed by atoms with E-state index in [0.29, 0.717) is 10.6 Å². The Bertz CT molecular complexity index is 491. The molecule has 0 radical (unpaired) electrons. The number of ketones is 1. The van der Waals surface area contributed by atoms with Crippen LogP contribution in [-0.2, 0) is 14.3 Å². The van der Waals surface area contributed by atoms with Crippen molar-refractivity contribution in [1.29, 1.82) is 0 Å². The highest BCUT2D eigenvalue weighted by Gasteiger charge is 2.13. The van der Waals surface area contributed by atoms with E-state index in [1.165, 1.54) is 0 Å². The summed E-state index contributed by atoms with van der Waals surface area (Å²) in [5.41, 5.74) is 1.17. The summed E-state index contributed by atoms with van der Waals surface area (Å²) >= 11 is 5.82. The quantitative estimate of drug-likeness (QED) is 0.389. The Morgan fingerprint density at radius 2 is 2.06 bits per heavy atom. The van der Waals surface area contributed by atoms with Crippen molar-refractivity contribution in [3.8, 4) is 0 Å². The number of aryl methyl sites for hydroxylation is 1. The van der Waals surface area contributed by atoms with E-state index in [1.807, 2.05) is 0 Å². The summed E-state index contributed by atoms with van der Waals surface area (Å²) in [5.74, 6) is -2.25. The predicted molar refractivity (Wildman–Crippen MR) is 63.8 cm³/mol. The molecular formula is C12H11ClO4. The topological polar surface area (TPSA) is 63.6 Å². The minimum absolute atomic E-state index is 0.305. The first-order valence-electron chi connectivity index (χ1n) is 4.75. The van der Waals surface area contributed by atoms with E-state index in [4.69, 9.17) is 11.6 Å². The highest BCUT2D eigenvalue weighted by molar-refractivity contribution is 6.39. The average molecular weight is 255 g/mol. The number of aliphatic hydroxyl groups is 1.